The minimum Gasteiger partial charge on any atom is -0.324 e. The van der Waals surface area contributed by atoms with Crippen LogP contribution in [0.15, 0.2) is 16.7 Å². The molecule has 12 heavy (non-hydrogen) atoms. The predicted octanol–water partition coefficient (Wildman–Crippen LogP) is 2.56. The van der Waals surface area contributed by atoms with Crippen molar-refractivity contribution in [3.05, 3.63) is 28.0 Å². The average Bonchev–Trinajstić information content (AvgIpc) is 2.03. The van der Waals surface area contributed by atoms with Crippen LogP contribution in [0.2, 0.25) is 0 Å². The maximum atomic E-state index is 5.89. The van der Waals surface area contributed by atoms with Crippen LogP contribution in [-0.2, 0) is 0 Å². The van der Waals surface area contributed by atoms with Crippen LogP contribution >= 0.6 is 15.9 Å². The number of hydrogen-bond acceptors (Lipinski definition) is 2. The number of pyridine rings is 1. The lowest BCUT2D eigenvalue weighted by molar-refractivity contribution is 0.688. The molecule has 2 N–H and O–H groups in total. The minimum absolute atomic E-state index is 0.116. The van der Waals surface area contributed by atoms with Crippen LogP contribution in [0.5, 0.6) is 0 Å². The molecule has 0 radical (unpaired) electrons. The molecule has 0 spiro atoms. The van der Waals surface area contributed by atoms with Gasteiger partial charge in [-0.05, 0) is 40.9 Å². The van der Waals surface area contributed by atoms with Gasteiger partial charge in [0.1, 0.15) is 4.60 Å². The summed E-state index contributed by atoms with van der Waals surface area (Å²) in [7, 11) is 0. The third kappa shape index (κ3) is 2.05. The van der Waals surface area contributed by atoms with E-state index in [1.54, 1.807) is 0 Å². The molecule has 3 heteroatoms. The molecule has 0 unspecified atom stereocenters. The summed E-state index contributed by atoms with van der Waals surface area (Å²) < 4.78 is 0.868. The zero-order valence-corrected chi connectivity index (χ0v) is 8.93. The van der Waals surface area contributed by atoms with Crippen molar-refractivity contribution < 1.29 is 0 Å². The van der Waals surface area contributed by atoms with Crippen LogP contribution in [0, 0.1) is 6.92 Å². The van der Waals surface area contributed by atoms with Crippen molar-refractivity contribution in [2.75, 3.05) is 0 Å². The second-order valence-corrected chi connectivity index (χ2v) is 3.64. The standard InChI is InChI=1S/C9H13BrN2/c1-3-8(11)7-4-5-9(10)12-6(7)2/h4-5,8H,3,11H2,1-2H3/t8-/m1/s1. The number of hydrogen-bond donors (Lipinski definition) is 1. The van der Waals surface area contributed by atoms with Gasteiger partial charge in [-0.25, -0.2) is 4.98 Å². The molecule has 0 fully saturated rings. The molecular formula is C9H13BrN2. The summed E-state index contributed by atoms with van der Waals surface area (Å²) in [6.45, 7) is 4.06. The third-order valence-corrected chi connectivity index (χ3v) is 2.37. The van der Waals surface area contributed by atoms with Crippen molar-refractivity contribution >= 4 is 15.9 Å². The van der Waals surface area contributed by atoms with E-state index in [-0.39, 0.29) is 6.04 Å². The van der Waals surface area contributed by atoms with Gasteiger partial charge in [0.2, 0.25) is 0 Å². The summed E-state index contributed by atoms with van der Waals surface area (Å²) in [6, 6.07) is 4.07. The second-order valence-electron chi connectivity index (χ2n) is 2.82. The van der Waals surface area contributed by atoms with Crippen molar-refractivity contribution in [3.8, 4) is 0 Å². The van der Waals surface area contributed by atoms with E-state index in [1.165, 1.54) is 0 Å². The maximum Gasteiger partial charge on any atom is 0.106 e. The van der Waals surface area contributed by atoms with Gasteiger partial charge in [-0.3, -0.25) is 0 Å². The van der Waals surface area contributed by atoms with E-state index in [9.17, 15) is 0 Å². The third-order valence-electron chi connectivity index (χ3n) is 1.93. The lowest BCUT2D eigenvalue weighted by atomic mass is 10.0. The van der Waals surface area contributed by atoms with Crippen LogP contribution in [0.25, 0.3) is 0 Å². The molecule has 0 saturated carbocycles. The number of rotatable bonds is 2. The highest BCUT2D eigenvalue weighted by Gasteiger charge is 2.06. The minimum atomic E-state index is 0.116. The molecule has 0 amide bonds. The number of aromatic nitrogens is 1. The van der Waals surface area contributed by atoms with Gasteiger partial charge in [-0.15, -0.1) is 0 Å². The Morgan fingerprint density at radius 2 is 2.25 bits per heavy atom. The van der Waals surface area contributed by atoms with E-state index in [0.717, 1.165) is 22.3 Å². The van der Waals surface area contributed by atoms with Crippen LogP contribution in [0.4, 0.5) is 0 Å². The van der Waals surface area contributed by atoms with E-state index in [1.807, 2.05) is 19.1 Å². The quantitative estimate of drug-likeness (QED) is 0.791. The first-order valence-corrected chi connectivity index (χ1v) is 4.83. The molecule has 0 saturated heterocycles. The summed E-state index contributed by atoms with van der Waals surface area (Å²) in [4.78, 5) is 4.28. The Labute approximate surface area is 81.3 Å². The number of aryl methyl sites for hydroxylation is 1. The fourth-order valence-electron chi connectivity index (χ4n) is 1.15. The Bertz CT molecular complexity index is 273. The fraction of sp³-hybridized carbons (Fsp3) is 0.444. The normalized spacial score (nSPS) is 13.0. The molecule has 1 atom stereocenters. The zero-order valence-electron chi connectivity index (χ0n) is 7.34. The molecule has 1 aromatic rings. The second kappa shape index (κ2) is 4.01. The van der Waals surface area contributed by atoms with Gasteiger partial charge < -0.3 is 5.73 Å². The van der Waals surface area contributed by atoms with Crippen molar-refractivity contribution in [2.45, 2.75) is 26.3 Å². The predicted molar refractivity (Wildman–Crippen MR) is 53.9 cm³/mol. The molecule has 1 heterocycles. The first kappa shape index (κ1) is 9.68. The SMILES string of the molecule is CC[C@@H](N)c1ccc(Br)nc1C. The molecule has 0 aliphatic rings. The molecule has 0 aliphatic heterocycles. The van der Waals surface area contributed by atoms with Crippen LogP contribution in [-0.4, -0.2) is 4.98 Å². The Morgan fingerprint density at radius 3 is 2.75 bits per heavy atom. The van der Waals surface area contributed by atoms with Crippen molar-refractivity contribution in [3.63, 3.8) is 0 Å². The van der Waals surface area contributed by atoms with Gasteiger partial charge in [-0.2, -0.15) is 0 Å². The summed E-state index contributed by atoms with van der Waals surface area (Å²) in [5.74, 6) is 0. The summed E-state index contributed by atoms with van der Waals surface area (Å²) >= 11 is 3.32. The van der Waals surface area contributed by atoms with E-state index < -0.39 is 0 Å². The number of halogens is 1. The smallest absolute Gasteiger partial charge is 0.106 e. The van der Waals surface area contributed by atoms with E-state index in [2.05, 4.69) is 27.8 Å². The van der Waals surface area contributed by atoms with E-state index in [0.29, 0.717) is 0 Å². The van der Waals surface area contributed by atoms with E-state index >= 15 is 0 Å². The molecular weight excluding hydrogens is 216 g/mol. The Hall–Kier alpha value is -0.410. The Kier molecular flexibility index (Phi) is 3.23. The summed E-state index contributed by atoms with van der Waals surface area (Å²) in [6.07, 6.45) is 0.949. The van der Waals surface area contributed by atoms with Crippen molar-refractivity contribution in [2.24, 2.45) is 5.73 Å². The summed E-state index contributed by atoms with van der Waals surface area (Å²) in [5, 5.41) is 0. The molecule has 0 aliphatic carbocycles. The molecule has 2 nitrogen and oxygen atoms in total. The lowest BCUT2D eigenvalue weighted by Crippen LogP contribution is -2.10. The number of nitrogens with two attached hydrogens (primary N) is 1. The number of nitrogens with zero attached hydrogens (tertiary/aromatic N) is 1. The first-order valence-electron chi connectivity index (χ1n) is 4.03. The van der Waals surface area contributed by atoms with Gasteiger partial charge in [0, 0.05) is 11.7 Å². The van der Waals surface area contributed by atoms with Crippen LogP contribution in [0.1, 0.15) is 30.6 Å². The molecule has 66 valence electrons. The summed E-state index contributed by atoms with van der Waals surface area (Å²) in [5.41, 5.74) is 8.04. The van der Waals surface area contributed by atoms with Crippen molar-refractivity contribution in [1.82, 2.24) is 4.98 Å². The van der Waals surface area contributed by atoms with Gasteiger partial charge >= 0.3 is 0 Å². The Balaban J connectivity index is 3.01. The molecule has 1 rings (SSSR count). The highest BCUT2D eigenvalue weighted by atomic mass is 79.9. The van der Waals surface area contributed by atoms with Gasteiger partial charge in [0.05, 0.1) is 0 Å². The fourth-order valence-corrected chi connectivity index (χ4v) is 1.55. The Morgan fingerprint density at radius 1 is 1.58 bits per heavy atom. The van der Waals surface area contributed by atoms with Gasteiger partial charge in [0.15, 0.2) is 0 Å². The van der Waals surface area contributed by atoms with Crippen molar-refractivity contribution in [1.29, 1.82) is 0 Å². The monoisotopic (exact) mass is 228 g/mol. The first-order chi connectivity index (χ1) is 5.65. The topological polar surface area (TPSA) is 38.9 Å². The van der Waals surface area contributed by atoms with Gasteiger partial charge in [0.25, 0.3) is 0 Å². The highest BCUT2D eigenvalue weighted by molar-refractivity contribution is 9.10. The van der Waals surface area contributed by atoms with Gasteiger partial charge in [-0.1, -0.05) is 13.0 Å². The van der Waals surface area contributed by atoms with E-state index in [4.69, 9.17) is 5.73 Å². The highest BCUT2D eigenvalue weighted by Crippen LogP contribution is 2.18. The molecule has 1 aromatic heterocycles. The molecule has 0 bridgehead atoms. The lowest BCUT2D eigenvalue weighted by Gasteiger charge is -2.11. The van der Waals surface area contributed by atoms with Crippen LogP contribution in [0.3, 0.4) is 0 Å². The average molecular weight is 229 g/mol. The largest absolute Gasteiger partial charge is 0.324 e. The maximum absolute atomic E-state index is 5.89. The zero-order chi connectivity index (χ0) is 9.14. The molecule has 0 aromatic carbocycles. The van der Waals surface area contributed by atoms with Crippen LogP contribution < -0.4 is 5.73 Å².